The van der Waals surface area contributed by atoms with Crippen LogP contribution < -0.4 is 4.90 Å². The summed E-state index contributed by atoms with van der Waals surface area (Å²) in [5.41, 5.74) is 1.12. The van der Waals surface area contributed by atoms with Gasteiger partial charge in [0.25, 0.3) is 0 Å². The maximum absolute atomic E-state index is 6.11. The van der Waals surface area contributed by atoms with E-state index in [1.807, 2.05) is 0 Å². The van der Waals surface area contributed by atoms with Crippen molar-refractivity contribution >= 4 is 33.7 Å². The molecule has 3 heterocycles. The molecule has 0 bridgehead atoms. The first-order valence-corrected chi connectivity index (χ1v) is 7.57. The van der Waals surface area contributed by atoms with Crippen LogP contribution in [0.5, 0.6) is 0 Å². The van der Waals surface area contributed by atoms with Gasteiger partial charge in [0.15, 0.2) is 10.8 Å². The van der Waals surface area contributed by atoms with E-state index in [1.165, 1.54) is 0 Å². The molecule has 0 radical (unpaired) electrons. The van der Waals surface area contributed by atoms with Gasteiger partial charge >= 0.3 is 0 Å². The average Bonchev–Trinajstić information content (AvgIpc) is 2.88. The molecule has 0 aliphatic carbocycles. The first kappa shape index (κ1) is 12.3. The fourth-order valence-corrected chi connectivity index (χ4v) is 3.61. The number of thiazole rings is 1. The van der Waals surface area contributed by atoms with Gasteiger partial charge in [-0.25, -0.2) is 4.98 Å². The number of aromatic nitrogens is 2. The fourth-order valence-electron chi connectivity index (χ4n) is 2.63. The highest BCUT2D eigenvalue weighted by molar-refractivity contribution is 7.15. The molecule has 0 spiro atoms. The first-order chi connectivity index (χ1) is 8.70. The van der Waals surface area contributed by atoms with Crippen molar-refractivity contribution in [2.24, 2.45) is 0 Å². The van der Waals surface area contributed by atoms with Gasteiger partial charge in [-0.1, -0.05) is 0 Å². The quantitative estimate of drug-likeness (QED) is 0.791. The largest absolute Gasteiger partial charge is 0.350 e. The Hall–Kier alpha value is -0.780. The molecule has 0 aromatic carbocycles. The number of piperazine rings is 1. The molecule has 1 aliphatic rings. The smallest absolute Gasteiger partial charge is 0.195 e. The SMILES string of the molecule is CC1CN(C)CCN1c1nc2sccn2c1CCl. The minimum atomic E-state index is 0.482. The number of rotatable bonds is 2. The van der Waals surface area contributed by atoms with E-state index < -0.39 is 0 Å². The Kier molecular flexibility index (Phi) is 3.21. The molecule has 6 heteroatoms. The minimum absolute atomic E-state index is 0.482. The van der Waals surface area contributed by atoms with Gasteiger partial charge in [0.05, 0.1) is 11.6 Å². The third-order valence-electron chi connectivity index (χ3n) is 3.57. The summed E-state index contributed by atoms with van der Waals surface area (Å²) in [5.74, 6) is 1.57. The van der Waals surface area contributed by atoms with Crippen molar-refractivity contribution in [2.45, 2.75) is 18.8 Å². The molecule has 2 aromatic rings. The molecule has 98 valence electrons. The lowest BCUT2D eigenvalue weighted by Gasteiger charge is -2.38. The van der Waals surface area contributed by atoms with Crippen molar-refractivity contribution in [1.29, 1.82) is 0 Å². The summed E-state index contributed by atoms with van der Waals surface area (Å²) < 4.78 is 2.11. The first-order valence-electron chi connectivity index (χ1n) is 6.16. The number of halogens is 1. The molecule has 1 saturated heterocycles. The third kappa shape index (κ3) is 1.90. The molecule has 1 unspecified atom stereocenters. The number of hydrogen-bond acceptors (Lipinski definition) is 4. The van der Waals surface area contributed by atoms with Crippen molar-refractivity contribution in [3.05, 3.63) is 17.3 Å². The van der Waals surface area contributed by atoms with Gasteiger partial charge in [0, 0.05) is 37.3 Å². The van der Waals surface area contributed by atoms with Crippen LogP contribution in [0.15, 0.2) is 11.6 Å². The number of likely N-dealkylation sites (N-methyl/N-ethyl adjacent to an activating group) is 1. The number of anilines is 1. The van der Waals surface area contributed by atoms with Crippen LogP contribution in [0.4, 0.5) is 5.82 Å². The van der Waals surface area contributed by atoms with Gasteiger partial charge in [-0.05, 0) is 14.0 Å². The zero-order valence-electron chi connectivity index (χ0n) is 10.6. The summed E-state index contributed by atoms with van der Waals surface area (Å²) in [7, 11) is 2.17. The van der Waals surface area contributed by atoms with E-state index in [-0.39, 0.29) is 0 Å². The zero-order valence-corrected chi connectivity index (χ0v) is 12.2. The number of alkyl halides is 1. The standard InChI is InChI=1S/C12H17ClN4S/c1-9-8-15(2)3-4-16(9)11-10(7-13)17-5-6-18-12(17)14-11/h5-6,9H,3-4,7-8H2,1-2H3. The van der Waals surface area contributed by atoms with Crippen LogP contribution in [0.1, 0.15) is 12.6 Å². The van der Waals surface area contributed by atoms with Crippen LogP contribution in [-0.4, -0.2) is 47.0 Å². The van der Waals surface area contributed by atoms with Crippen LogP contribution in [0.25, 0.3) is 4.96 Å². The molecule has 2 aromatic heterocycles. The normalized spacial score (nSPS) is 21.9. The fraction of sp³-hybridized carbons (Fsp3) is 0.583. The predicted molar refractivity (Wildman–Crippen MR) is 76.9 cm³/mol. The summed E-state index contributed by atoms with van der Waals surface area (Å²) in [6.45, 7) is 5.43. The van der Waals surface area contributed by atoms with Gasteiger partial charge in [0.1, 0.15) is 0 Å². The molecule has 1 atom stereocenters. The van der Waals surface area contributed by atoms with Crippen LogP contribution in [0, 0.1) is 0 Å². The van der Waals surface area contributed by atoms with E-state index in [2.05, 4.69) is 39.7 Å². The molecular weight excluding hydrogens is 268 g/mol. The molecule has 0 saturated carbocycles. The van der Waals surface area contributed by atoms with Crippen LogP contribution in [0.2, 0.25) is 0 Å². The summed E-state index contributed by atoms with van der Waals surface area (Å²) in [6.07, 6.45) is 2.05. The molecule has 1 aliphatic heterocycles. The lowest BCUT2D eigenvalue weighted by Crippen LogP contribution is -2.51. The maximum atomic E-state index is 6.11. The van der Waals surface area contributed by atoms with E-state index in [1.54, 1.807) is 11.3 Å². The van der Waals surface area contributed by atoms with E-state index in [0.29, 0.717) is 11.9 Å². The highest BCUT2D eigenvalue weighted by Crippen LogP contribution is 2.28. The van der Waals surface area contributed by atoms with Gasteiger partial charge in [-0.2, -0.15) is 0 Å². The second-order valence-corrected chi connectivity index (χ2v) is 6.02. The summed E-state index contributed by atoms with van der Waals surface area (Å²) >= 11 is 7.77. The molecule has 1 fully saturated rings. The number of imidazole rings is 1. The zero-order chi connectivity index (χ0) is 12.7. The van der Waals surface area contributed by atoms with Crippen molar-refractivity contribution in [3.63, 3.8) is 0 Å². The monoisotopic (exact) mass is 284 g/mol. The van der Waals surface area contributed by atoms with Crippen LogP contribution in [0.3, 0.4) is 0 Å². The topological polar surface area (TPSA) is 23.8 Å². The van der Waals surface area contributed by atoms with Gasteiger partial charge in [-0.3, -0.25) is 4.40 Å². The molecule has 0 amide bonds. The van der Waals surface area contributed by atoms with E-state index in [9.17, 15) is 0 Å². The Labute approximate surface area is 116 Å². The van der Waals surface area contributed by atoms with Crippen LogP contribution in [-0.2, 0) is 5.88 Å². The van der Waals surface area contributed by atoms with E-state index >= 15 is 0 Å². The molecule has 0 N–H and O–H groups in total. The Morgan fingerprint density at radius 3 is 3.06 bits per heavy atom. The van der Waals surface area contributed by atoms with Crippen molar-refractivity contribution in [2.75, 3.05) is 31.6 Å². The minimum Gasteiger partial charge on any atom is -0.350 e. The lowest BCUT2D eigenvalue weighted by molar-refractivity contribution is 0.274. The van der Waals surface area contributed by atoms with E-state index in [0.717, 1.165) is 36.1 Å². The number of hydrogen-bond donors (Lipinski definition) is 0. The Bertz CT molecular complexity index is 549. The Morgan fingerprint density at radius 1 is 1.50 bits per heavy atom. The van der Waals surface area contributed by atoms with Crippen LogP contribution >= 0.6 is 22.9 Å². The summed E-state index contributed by atoms with van der Waals surface area (Å²) in [4.78, 5) is 10.5. The third-order valence-corrected chi connectivity index (χ3v) is 4.58. The average molecular weight is 285 g/mol. The van der Waals surface area contributed by atoms with Crippen molar-refractivity contribution < 1.29 is 0 Å². The number of fused-ring (bicyclic) bond motifs is 1. The van der Waals surface area contributed by atoms with Gasteiger partial charge in [-0.15, -0.1) is 22.9 Å². The maximum Gasteiger partial charge on any atom is 0.195 e. The second kappa shape index (κ2) is 4.72. The van der Waals surface area contributed by atoms with Crippen molar-refractivity contribution in [3.8, 4) is 0 Å². The molecule has 4 nitrogen and oxygen atoms in total. The van der Waals surface area contributed by atoms with Gasteiger partial charge in [0.2, 0.25) is 0 Å². The number of nitrogens with zero attached hydrogens (tertiary/aromatic N) is 4. The Balaban J connectivity index is 2.00. The highest BCUT2D eigenvalue weighted by atomic mass is 35.5. The Morgan fingerprint density at radius 2 is 2.33 bits per heavy atom. The molecular formula is C12H17ClN4S. The summed E-state index contributed by atoms with van der Waals surface area (Å²) in [6, 6.07) is 0.482. The lowest BCUT2D eigenvalue weighted by atomic mass is 10.2. The molecule has 18 heavy (non-hydrogen) atoms. The van der Waals surface area contributed by atoms with Crippen molar-refractivity contribution in [1.82, 2.24) is 14.3 Å². The molecule has 3 rings (SSSR count). The highest BCUT2D eigenvalue weighted by Gasteiger charge is 2.26. The summed E-state index contributed by atoms with van der Waals surface area (Å²) in [5, 5.41) is 2.05. The second-order valence-electron chi connectivity index (χ2n) is 4.88. The van der Waals surface area contributed by atoms with E-state index in [4.69, 9.17) is 16.6 Å². The predicted octanol–water partition coefficient (Wildman–Crippen LogP) is 2.27. The van der Waals surface area contributed by atoms with Gasteiger partial charge < -0.3 is 9.80 Å².